The number of terminal acetylenes is 1. The minimum absolute atomic E-state index is 0.00822. The first-order valence-electron chi connectivity index (χ1n) is 3.64. The summed E-state index contributed by atoms with van der Waals surface area (Å²) < 4.78 is 33.7. The van der Waals surface area contributed by atoms with Crippen molar-refractivity contribution in [2.75, 3.05) is 0 Å². The van der Waals surface area contributed by atoms with Gasteiger partial charge in [0.25, 0.3) is 0 Å². The van der Waals surface area contributed by atoms with Crippen molar-refractivity contribution in [3.8, 4) is 12.3 Å². The smallest absolute Gasteiger partial charge is 0.335 e. The second kappa shape index (κ2) is 3.71. The van der Waals surface area contributed by atoms with Crippen LogP contribution in [0.1, 0.15) is 15.9 Å². The standard InChI is InChI=1S/C9H5FO4S/c1-2-6-3-7(9(11)12)5-8(4-6)15(10,13)14/h1,3-5H,(H,11,12). The number of carboxylic acid groups (broad SMARTS) is 1. The quantitative estimate of drug-likeness (QED) is 0.606. The van der Waals surface area contributed by atoms with E-state index in [1.807, 2.05) is 5.92 Å². The zero-order chi connectivity index (χ0) is 11.6. The molecule has 15 heavy (non-hydrogen) atoms. The lowest BCUT2D eigenvalue weighted by Crippen LogP contribution is -2.01. The highest BCUT2D eigenvalue weighted by Gasteiger charge is 2.16. The number of hydrogen-bond acceptors (Lipinski definition) is 3. The van der Waals surface area contributed by atoms with Crippen molar-refractivity contribution >= 4 is 16.2 Å². The summed E-state index contributed by atoms with van der Waals surface area (Å²) in [5, 5.41) is 8.61. The van der Waals surface area contributed by atoms with Gasteiger partial charge in [-0.2, -0.15) is 8.42 Å². The van der Waals surface area contributed by atoms with Crippen molar-refractivity contribution in [1.29, 1.82) is 0 Å². The van der Waals surface area contributed by atoms with Gasteiger partial charge >= 0.3 is 16.2 Å². The first-order chi connectivity index (χ1) is 6.84. The molecular formula is C9H5FO4S. The molecule has 0 saturated heterocycles. The minimum Gasteiger partial charge on any atom is -0.478 e. The van der Waals surface area contributed by atoms with Crippen LogP contribution in [0.25, 0.3) is 0 Å². The van der Waals surface area contributed by atoms with Gasteiger partial charge in [-0.05, 0) is 18.2 Å². The van der Waals surface area contributed by atoms with Crippen molar-refractivity contribution in [3.63, 3.8) is 0 Å². The Bertz CT molecular complexity index is 554. The van der Waals surface area contributed by atoms with Gasteiger partial charge in [-0.25, -0.2) is 4.79 Å². The van der Waals surface area contributed by atoms with Crippen molar-refractivity contribution < 1.29 is 22.2 Å². The zero-order valence-electron chi connectivity index (χ0n) is 7.27. The maximum atomic E-state index is 12.6. The molecule has 4 nitrogen and oxygen atoms in total. The van der Waals surface area contributed by atoms with Crippen LogP contribution < -0.4 is 0 Å². The van der Waals surface area contributed by atoms with Gasteiger partial charge in [0.1, 0.15) is 4.90 Å². The van der Waals surface area contributed by atoms with E-state index < -0.39 is 21.1 Å². The summed E-state index contributed by atoms with van der Waals surface area (Å²) in [4.78, 5) is 9.81. The molecule has 0 bridgehead atoms. The first kappa shape index (κ1) is 11.2. The SMILES string of the molecule is C#Cc1cc(C(=O)O)cc(S(=O)(=O)F)c1. The molecule has 0 spiro atoms. The van der Waals surface area contributed by atoms with Gasteiger partial charge in [-0.15, -0.1) is 10.3 Å². The van der Waals surface area contributed by atoms with Crippen molar-refractivity contribution in [1.82, 2.24) is 0 Å². The normalized spacial score (nSPS) is 10.7. The second-order valence-corrected chi connectivity index (χ2v) is 3.98. The number of benzene rings is 1. The van der Waals surface area contributed by atoms with E-state index in [0.29, 0.717) is 6.07 Å². The van der Waals surface area contributed by atoms with Gasteiger partial charge in [-0.1, -0.05) is 5.92 Å². The molecule has 0 amide bonds. The van der Waals surface area contributed by atoms with Crippen LogP contribution in [0.2, 0.25) is 0 Å². The number of hydrogen-bond donors (Lipinski definition) is 1. The summed E-state index contributed by atoms with van der Waals surface area (Å²) in [6.07, 6.45) is 4.97. The third-order valence-corrected chi connectivity index (χ3v) is 2.40. The third-order valence-electron chi connectivity index (χ3n) is 1.60. The van der Waals surface area contributed by atoms with E-state index in [4.69, 9.17) is 11.5 Å². The van der Waals surface area contributed by atoms with Gasteiger partial charge in [0.2, 0.25) is 0 Å². The number of aromatic carboxylic acids is 1. The Kier molecular flexibility index (Phi) is 2.77. The maximum absolute atomic E-state index is 12.6. The summed E-state index contributed by atoms with van der Waals surface area (Å²) in [6.45, 7) is 0. The van der Waals surface area contributed by atoms with Crippen LogP contribution in [0.15, 0.2) is 23.1 Å². The van der Waals surface area contributed by atoms with E-state index in [2.05, 4.69) is 0 Å². The third kappa shape index (κ3) is 2.54. The fraction of sp³-hybridized carbons (Fsp3) is 0. The van der Waals surface area contributed by atoms with E-state index in [-0.39, 0.29) is 11.1 Å². The molecule has 0 aliphatic carbocycles. The molecule has 0 aliphatic rings. The maximum Gasteiger partial charge on any atom is 0.335 e. The highest BCUT2D eigenvalue weighted by molar-refractivity contribution is 7.86. The average Bonchev–Trinajstić information content (AvgIpc) is 2.15. The number of rotatable bonds is 2. The molecule has 1 rings (SSSR count). The van der Waals surface area contributed by atoms with E-state index in [1.54, 1.807) is 0 Å². The van der Waals surface area contributed by atoms with Crippen LogP contribution in [0.4, 0.5) is 3.89 Å². The predicted octanol–water partition coefficient (Wildman–Crippen LogP) is 1.02. The highest BCUT2D eigenvalue weighted by Crippen LogP contribution is 2.17. The fourth-order valence-corrected chi connectivity index (χ4v) is 1.48. The summed E-state index contributed by atoms with van der Waals surface area (Å²) in [5.41, 5.74) is -0.382. The Morgan fingerprint density at radius 1 is 1.40 bits per heavy atom. The van der Waals surface area contributed by atoms with Crippen molar-refractivity contribution in [2.45, 2.75) is 4.90 Å². The molecule has 0 radical (unpaired) electrons. The topological polar surface area (TPSA) is 71.4 Å². The second-order valence-electron chi connectivity index (χ2n) is 2.63. The summed E-state index contributed by atoms with van der Waals surface area (Å²) in [5.74, 6) is 0.663. The molecule has 0 atom stereocenters. The zero-order valence-corrected chi connectivity index (χ0v) is 8.08. The summed E-state index contributed by atoms with van der Waals surface area (Å²) in [7, 11) is -4.95. The molecule has 78 valence electrons. The van der Waals surface area contributed by atoms with E-state index in [9.17, 15) is 17.1 Å². The molecule has 1 aromatic carbocycles. The number of halogens is 1. The molecule has 0 heterocycles. The Hall–Kier alpha value is -1.87. The van der Waals surface area contributed by atoms with Crippen molar-refractivity contribution in [3.05, 3.63) is 29.3 Å². The average molecular weight is 228 g/mol. The lowest BCUT2D eigenvalue weighted by atomic mass is 10.1. The van der Waals surface area contributed by atoms with Crippen LogP contribution in [-0.2, 0) is 10.2 Å². The fourth-order valence-electron chi connectivity index (χ4n) is 0.947. The highest BCUT2D eigenvalue weighted by atomic mass is 32.3. The van der Waals surface area contributed by atoms with Crippen LogP contribution in [-0.4, -0.2) is 19.5 Å². The van der Waals surface area contributed by atoms with Crippen LogP contribution in [0.3, 0.4) is 0 Å². The molecule has 1 aromatic rings. The lowest BCUT2D eigenvalue weighted by Gasteiger charge is -1.99. The Morgan fingerprint density at radius 3 is 2.40 bits per heavy atom. The van der Waals surface area contributed by atoms with Gasteiger partial charge in [0.05, 0.1) is 5.56 Å². The molecule has 0 saturated carbocycles. The van der Waals surface area contributed by atoms with Gasteiger partial charge in [-0.3, -0.25) is 0 Å². The Morgan fingerprint density at radius 2 is 2.00 bits per heavy atom. The number of carbonyl (C=O) groups is 1. The Balaban J connectivity index is 3.52. The van der Waals surface area contributed by atoms with E-state index in [1.165, 1.54) is 0 Å². The molecular weight excluding hydrogens is 223 g/mol. The van der Waals surface area contributed by atoms with Crippen molar-refractivity contribution in [2.24, 2.45) is 0 Å². The first-order valence-corrected chi connectivity index (χ1v) is 5.02. The van der Waals surface area contributed by atoms with Crippen LogP contribution in [0.5, 0.6) is 0 Å². The summed E-state index contributed by atoms with van der Waals surface area (Å²) >= 11 is 0. The molecule has 6 heteroatoms. The minimum atomic E-state index is -4.95. The van der Waals surface area contributed by atoms with E-state index >= 15 is 0 Å². The van der Waals surface area contributed by atoms with Gasteiger partial charge in [0.15, 0.2) is 0 Å². The predicted molar refractivity (Wildman–Crippen MR) is 49.6 cm³/mol. The lowest BCUT2D eigenvalue weighted by molar-refractivity contribution is 0.0696. The monoisotopic (exact) mass is 228 g/mol. The largest absolute Gasteiger partial charge is 0.478 e. The molecule has 1 N–H and O–H groups in total. The van der Waals surface area contributed by atoms with Crippen LogP contribution in [0, 0.1) is 12.3 Å². The molecule has 0 aromatic heterocycles. The van der Waals surface area contributed by atoms with Gasteiger partial charge < -0.3 is 5.11 Å². The molecule has 0 fully saturated rings. The number of carboxylic acids is 1. The van der Waals surface area contributed by atoms with Crippen LogP contribution >= 0.6 is 0 Å². The molecule has 0 unspecified atom stereocenters. The van der Waals surface area contributed by atoms with E-state index in [0.717, 1.165) is 12.1 Å². The van der Waals surface area contributed by atoms with Gasteiger partial charge in [0, 0.05) is 5.56 Å². The summed E-state index contributed by atoms with van der Waals surface area (Å²) in [6, 6.07) is 2.68. The molecule has 0 aliphatic heterocycles. The Labute approximate surface area is 85.6 Å².